The van der Waals surface area contributed by atoms with Crippen molar-refractivity contribution in [3.05, 3.63) is 28.2 Å². The maximum absolute atomic E-state index is 11.5. The molecule has 0 aliphatic heterocycles. The third-order valence-corrected chi connectivity index (χ3v) is 2.33. The summed E-state index contributed by atoms with van der Waals surface area (Å²) in [6.45, 7) is 5.42. The summed E-state index contributed by atoms with van der Waals surface area (Å²) in [5, 5.41) is 4.05. The summed E-state index contributed by atoms with van der Waals surface area (Å²) in [5.41, 5.74) is 6.35. The molecule has 0 spiro atoms. The number of rotatable bonds is 6. The van der Waals surface area contributed by atoms with Gasteiger partial charge in [-0.3, -0.25) is 4.79 Å². The average molecular weight is 225 g/mol. The predicted octanol–water partition coefficient (Wildman–Crippen LogP) is 0.306. The minimum Gasteiger partial charge on any atom is -0.377 e. The first-order valence-corrected chi connectivity index (χ1v) is 5.52. The van der Waals surface area contributed by atoms with E-state index in [1.165, 1.54) is 4.68 Å². The molecule has 2 N–H and O–H groups in total. The van der Waals surface area contributed by atoms with Crippen LogP contribution in [0.3, 0.4) is 0 Å². The van der Waals surface area contributed by atoms with Crippen LogP contribution >= 0.6 is 0 Å². The van der Waals surface area contributed by atoms with E-state index in [4.69, 9.17) is 10.5 Å². The summed E-state index contributed by atoms with van der Waals surface area (Å²) >= 11 is 0. The second-order valence-corrected chi connectivity index (χ2v) is 3.70. The lowest BCUT2D eigenvalue weighted by Crippen LogP contribution is -2.29. The Balaban J connectivity index is 2.56. The van der Waals surface area contributed by atoms with E-state index in [2.05, 4.69) is 5.10 Å². The second kappa shape index (κ2) is 6.40. The van der Waals surface area contributed by atoms with Gasteiger partial charge in [0.15, 0.2) is 0 Å². The lowest BCUT2D eigenvalue weighted by atomic mass is 10.2. The molecule has 1 unspecified atom stereocenters. The zero-order valence-corrected chi connectivity index (χ0v) is 9.85. The SMILES string of the molecule is CCOC(CN)CCn1ncc(C)cc1=O. The molecule has 5 heteroatoms. The van der Waals surface area contributed by atoms with Crippen molar-refractivity contribution in [2.24, 2.45) is 5.73 Å². The second-order valence-electron chi connectivity index (χ2n) is 3.70. The summed E-state index contributed by atoms with van der Waals surface area (Å²) in [6, 6.07) is 1.57. The lowest BCUT2D eigenvalue weighted by molar-refractivity contribution is 0.0589. The Morgan fingerprint density at radius 2 is 2.38 bits per heavy atom. The highest BCUT2D eigenvalue weighted by Gasteiger charge is 2.07. The highest BCUT2D eigenvalue weighted by molar-refractivity contribution is 5.02. The Bertz CT molecular complexity index is 376. The predicted molar refractivity (Wildman–Crippen MR) is 62.3 cm³/mol. The quantitative estimate of drug-likeness (QED) is 0.756. The van der Waals surface area contributed by atoms with Crippen molar-refractivity contribution < 1.29 is 4.74 Å². The maximum atomic E-state index is 11.5. The van der Waals surface area contributed by atoms with E-state index in [9.17, 15) is 4.79 Å². The van der Waals surface area contributed by atoms with Gasteiger partial charge in [0.1, 0.15) is 0 Å². The van der Waals surface area contributed by atoms with Crippen molar-refractivity contribution in [2.75, 3.05) is 13.2 Å². The van der Waals surface area contributed by atoms with Crippen LogP contribution < -0.4 is 11.3 Å². The molecular weight excluding hydrogens is 206 g/mol. The Hall–Kier alpha value is -1.20. The normalized spacial score (nSPS) is 12.7. The molecule has 1 rings (SSSR count). The first-order valence-electron chi connectivity index (χ1n) is 5.52. The Morgan fingerprint density at radius 3 is 2.94 bits per heavy atom. The molecule has 0 aromatic carbocycles. The van der Waals surface area contributed by atoms with E-state index in [1.807, 2.05) is 13.8 Å². The van der Waals surface area contributed by atoms with Gasteiger partial charge in [-0.15, -0.1) is 0 Å². The van der Waals surface area contributed by atoms with Crippen molar-refractivity contribution >= 4 is 0 Å². The van der Waals surface area contributed by atoms with Gasteiger partial charge in [-0.1, -0.05) is 0 Å². The number of nitrogens with two attached hydrogens (primary N) is 1. The standard InChI is InChI=1S/C11H19N3O2/c1-3-16-10(7-12)4-5-14-11(15)6-9(2)8-13-14/h6,8,10H,3-5,7,12H2,1-2H3. The summed E-state index contributed by atoms with van der Waals surface area (Å²) in [6.07, 6.45) is 2.39. The number of hydrogen-bond donors (Lipinski definition) is 1. The molecule has 0 saturated heterocycles. The van der Waals surface area contributed by atoms with Gasteiger partial charge >= 0.3 is 0 Å². The molecule has 90 valence electrons. The van der Waals surface area contributed by atoms with Crippen LogP contribution in [-0.2, 0) is 11.3 Å². The van der Waals surface area contributed by atoms with Crippen molar-refractivity contribution in [3.8, 4) is 0 Å². The fourth-order valence-electron chi connectivity index (χ4n) is 1.46. The van der Waals surface area contributed by atoms with Gasteiger partial charge < -0.3 is 10.5 Å². The minimum absolute atomic E-state index is 0.00000283. The molecule has 0 bridgehead atoms. The van der Waals surface area contributed by atoms with E-state index < -0.39 is 0 Å². The molecule has 1 heterocycles. The van der Waals surface area contributed by atoms with Gasteiger partial charge in [0.05, 0.1) is 12.3 Å². The Kier molecular flexibility index (Phi) is 5.14. The molecule has 1 atom stereocenters. The first-order chi connectivity index (χ1) is 7.67. The molecule has 5 nitrogen and oxygen atoms in total. The van der Waals surface area contributed by atoms with Crippen molar-refractivity contribution in [2.45, 2.75) is 32.9 Å². The molecule has 0 aliphatic carbocycles. The van der Waals surface area contributed by atoms with E-state index in [1.54, 1.807) is 12.3 Å². The highest BCUT2D eigenvalue weighted by atomic mass is 16.5. The fourth-order valence-corrected chi connectivity index (χ4v) is 1.46. The van der Waals surface area contributed by atoms with Gasteiger partial charge in [-0.25, -0.2) is 4.68 Å². The zero-order valence-electron chi connectivity index (χ0n) is 9.85. The van der Waals surface area contributed by atoms with Gasteiger partial charge in [-0.05, 0) is 25.8 Å². The largest absolute Gasteiger partial charge is 0.377 e. The summed E-state index contributed by atoms with van der Waals surface area (Å²) in [5.74, 6) is 0. The van der Waals surface area contributed by atoms with Crippen LogP contribution in [0.1, 0.15) is 18.9 Å². The van der Waals surface area contributed by atoms with Crippen LogP contribution in [0, 0.1) is 6.92 Å². The van der Waals surface area contributed by atoms with Crippen LogP contribution in [0.4, 0.5) is 0 Å². The molecule has 0 amide bonds. The summed E-state index contributed by atoms with van der Waals surface area (Å²) in [7, 11) is 0. The van der Waals surface area contributed by atoms with Crippen molar-refractivity contribution in [1.82, 2.24) is 9.78 Å². The molecule has 1 aromatic heterocycles. The smallest absolute Gasteiger partial charge is 0.266 e. The molecule has 16 heavy (non-hydrogen) atoms. The third kappa shape index (κ3) is 3.75. The number of hydrogen-bond acceptors (Lipinski definition) is 4. The number of aryl methyl sites for hydroxylation is 2. The van der Waals surface area contributed by atoms with E-state index in [-0.39, 0.29) is 11.7 Å². The molecule has 0 radical (unpaired) electrons. The summed E-state index contributed by atoms with van der Waals surface area (Å²) in [4.78, 5) is 11.5. The van der Waals surface area contributed by atoms with Gasteiger partial charge in [0, 0.05) is 25.8 Å². The van der Waals surface area contributed by atoms with Crippen LogP contribution in [0.25, 0.3) is 0 Å². The Morgan fingerprint density at radius 1 is 1.62 bits per heavy atom. The van der Waals surface area contributed by atoms with E-state index >= 15 is 0 Å². The van der Waals surface area contributed by atoms with Crippen molar-refractivity contribution in [3.63, 3.8) is 0 Å². The summed E-state index contributed by atoms with van der Waals surface area (Å²) < 4.78 is 6.85. The number of nitrogens with zero attached hydrogens (tertiary/aromatic N) is 2. The zero-order chi connectivity index (χ0) is 12.0. The number of ether oxygens (including phenoxy) is 1. The molecule has 0 fully saturated rings. The van der Waals surface area contributed by atoms with E-state index in [0.717, 1.165) is 5.56 Å². The van der Waals surface area contributed by atoms with Crippen molar-refractivity contribution in [1.29, 1.82) is 0 Å². The average Bonchev–Trinajstić information content (AvgIpc) is 2.26. The van der Waals surface area contributed by atoms with Gasteiger partial charge in [-0.2, -0.15) is 5.10 Å². The molecule has 0 saturated carbocycles. The Labute approximate surface area is 95.2 Å². The molecule has 0 aliphatic rings. The monoisotopic (exact) mass is 225 g/mol. The maximum Gasteiger partial charge on any atom is 0.266 e. The van der Waals surface area contributed by atoms with Crippen LogP contribution in [-0.4, -0.2) is 29.0 Å². The van der Waals surface area contributed by atoms with Crippen LogP contribution in [0.2, 0.25) is 0 Å². The minimum atomic E-state index is -0.0766. The van der Waals surface area contributed by atoms with Gasteiger partial charge in [0.2, 0.25) is 0 Å². The topological polar surface area (TPSA) is 70.1 Å². The van der Waals surface area contributed by atoms with E-state index in [0.29, 0.717) is 26.1 Å². The van der Waals surface area contributed by atoms with Crippen LogP contribution in [0.5, 0.6) is 0 Å². The lowest BCUT2D eigenvalue weighted by Gasteiger charge is -2.14. The fraction of sp³-hybridized carbons (Fsp3) is 0.636. The number of aromatic nitrogens is 2. The third-order valence-electron chi connectivity index (χ3n) is 2.33. The van der Waals surface area contributed by atoms with Crippen LogP contribution in [0.15, 0.2) is 17.1 Å². The highest BCUT2D eigenvalue weighted by Crippen LogP contribution is 1.98. The first kappa shape index (κ1) is 12.9. The molecular formula is C11H19N3O2. The van der Waals surface area contributed by atoms with Gasteiger partial charge in [0.25, 0.3) is 5.56 Å². The molecule has 1 aromatic rings.